The second-order valence-corrected chi connectivity index (χ2v) is 25.1. The zero-order valence-electron chi connectivity index (χ0n) is 50.0. The average molecular weight is 1070 g/mol. The highest BCUT2D eigenvalue weighted by Gasteiger charge is 2.53. The molecule has 9 rings (SSSR count). The molecule has 2 fully saturated rings. The highest BCUT2D eigenvalue weighted by molar-refractivity contribution is 6.63. The molecule has 8 heteroatoms. The van der Waals surface area contributed by atoms with Crippen LogP contribution in [0.3, 0.4) is 0 Å². The van der Waals surface area contributed by atoms with Crippen LogP contribution in [0.4, 0.5) is 0 Å². The Bertz CT molecular complexity index is 2950. The zero-order valence-corrected chi connectivity index (χ0v) is 50.0. The van der Waals surface area contributed by atoms with E-state index in [2.05, 4.69) is 166 Å². The Morgan fingerprint density at radius 2 is 0.650 bits per heavy atom. The van der Waals surface area contributed by atoms with E-state index in [4.69, 9.17) is 18.6 Å². The van der Waals surface area contributed by atoms with E-state index in [0.29, 0.717) is 22.3 Å². The Morgan fingerprint density at radius 1 is 0.362 bits per heavy atom. The summed E-state index contributed by atoms with van der Waals surface area (Å²) in [6.07, 6.45) is 22.4. The van der Waals surface area contributed by atoms with Gasteiger partial charge < -0.3 is 18.6 Å². The Balaban J connectivity index is 1.12. The quantitative estimate of drug-likeness (QED) is 0.0233. The van der Waals surface area contributed by atoms with Gasteiger partial charge in [-0.05, 0) is 147 Å². The van der Waals surface area contributed by atoms with E-state index in [9.17, 15) is 0 Å². The minimum Gasteiger partial charge on any atom is -0.399 e. The molecule has 7 aromatic carbocycles. The molecule has 418 valence electrons. The molecule has 6 nitrogen and oxygen atoms in total. The first kappa shape index (κ1) is 59.0. The van der Waals surface area contributed by atoms with Crippen molar-refractivity contribution in [3.05, 3.63) is 167 Å². The highest BCUT2D eigenvalue weighted by atomic mass is 16.7. The fourth-order valence-corrected chi connectivity index (χ4v) is 11.8. The molecule has 0 unspecified atom stereocenters. The number of aryl methyl sites for hydroxylation is 2. The Kier molecular flexibility index (Phi) is 18.9. The number of unbranched alkanes of at least 4 members (excludes halogenated alkanes) is 14. The summed E-state index contributed by atoms with van der Waals surface area (Å²) in [5, 5.41) is 3.88. The first-order valence-electron chi connectivity index (χ1n) is 30.6. The van der Waals surface area contributed by atoms with Crippen LogP contribution in [-0.4, -0.2) is 48.2 Å². The van der Waals surface area contributed by atoms with Crippen molar-refractivity contribution in [3.63, 3.8) is 0 Å². The summed E-state index contributed by atoms with van der Waals surface area (Å²) >= 11 is 0. The normalized spacial score (nSPS) is 16.3. The summed E-state index contributed by atoms with van der Waals surface area (Å²) in [7, 11) is -1.32. The van der Waals surface area contributed by atoms with Crippen LogP contribution in [-0.2, 0) is 31.5 Å². The molecule has 0 atom stereocenters. The maximum absolute atomic E-state index is 15.4. The van der Waals surface area contributed by atoms with E-state index in [1.165, 1.54) is 101 Å². The maximum atomic E-state index is 15.4. The number of hydrogen-bond acceptors (Lipinski definition) is 6. The largest absolute Gasteiger partial charge is 0.494 e. The maximum Gasteiger partial charge on any atom is 0.494 e. The number of rotatable bonds is 26. The lowest BCUT2D eigenvalue weighted by atomic mass is 9.74. The molecule has 0 N–H and O–H groups in total. The lowest BCUT2D eigenvalue weighted by molar-refractivity contribution is 0.00578. The van der Waals surface area contributed by atoms with E-state index in [0.717, 1.165) is 80.4 Å². The van der Waals surface area contributed by atoms with Gasteiger partial charge in [-0.15, -0.1) is 0 Å². The predicted octanol–water partition coefficient (Wildman–Crippen LogP) is 17.8. The van der Waals surface area contributed by atoms with E-state index < -0.39 is 36.6 Å². The third-order valence-corrected chi connectivity index (χ3v) is 18.2. The number of fused-ring (bicyclic) bond motifs is 2. The van der Waals surface area contributed by atoms with Crippen molar-refractivity contribution >= 4 is 58.3 Å². The number of carbonyl (C=O) groups excluding carboxylic acids is 2. The third-order valence-electron chi connectivity index (χ3n) is 18.2. The van der Waals surface area contributed by atoms with Crippen LogP contribution in [0.15, 0.2) is 133 Å². The van der Waals surface area contributed by atoms with Crippen molar-refractivity contribution in [1.29, 1.82) is 0 Å². The lowest BCUT2D eigenvalue weighted by Gasteiger charge is -2.32. The molecular formula is C72H88B2O6. The lowest BCUT2D eigenvalue weighted by Crippen LogP contribution is -2.41. The third kappa shape index (κ3) is 13.0. The topological polar surface area (TPSA) is 71.1 Å². The molecule has 0 spiro atoms. The first-order chi connectivity index (χ1) is 38.4. The average Bonchev–Trinajstić information content (AvgIpc) is 3.82. The van der Waals surface area contributed by atoms with Crippen LogP contribution >= 0.6 is 0 Å². The molecule has 2 heterocycles. The van der Waals surface area contributed by atoms with Crippen LogP contribution in [0.1, 0.15) is 215 Å². The van der Waals surface area contributed by atoms with Gasteiger partial charge in [0.05, 0.1) is 22.4 Å². The summed E-state index contributed by atoms with van der Waals surface area (Å²) in [6.45, 7) is 21.0. The molecule has 2 aliphatic heterocycles. The van der Waals surface area contributed by atoms with Gasteiger partial charge in [0, 0.05) is 22.3 Å². The van der Waals surface area contributed by atoms with Crippen molar-refractivity contribution in [2.45, 2.75) is 207 Å². The van der Waals surface area contributed by atoms with Crippen molar-refractivity contribution < 1.29 is 28.2 Å². The van der Waals surface area contributed by atoms with Gasteiger partial charge in [0.2, 0.25) is 0 Å². The predicted molar refractivity (Wildman–Crippen MR) is 336 cm³/mol. The number of carbonyl (C=O) groups is 2. The Morgan fingerprint density at radius 3 is 0.950 bits per heavy atom. The van der Waals surface area contributed by atoms with E-state index in [-0.39, 0.29) is 11.6 Å². The summed E-state index contributed by atoms with van der Waals surface area (Å²) in [5.74, 6) is -0.131. The number of benzene rings is 7. The Labute approximate surface area is 480 Å². The van der Waals surface area contributed by atoms with Gasteiger partial charge in [0.15, 0.2) is 11.6 Å². The zero-order chi connectivity index (χ0) is 56.7. The summed E-state index contributed by atoms with van der Waals surface area (Å²) < 4.78 is 26.5. The molecule has 0 aliphatic carbocycles. The van der Waals surface area contributed by atoms with Gasteiger partial charge in [-0.25, -0.2) is 0 Å². The van der Waals surface area contributed by atoms with E-state index in [1.807, 2.05) is 36.4 Å². The number of ketones is 2. The molecule has 0 saturated carbocycles. The van der Waals surface area contributed by atoms with Crippen LogP contribution in [0.5, 0.6) is 0 Å². The molecule has 7 aromatic rings. The van der Waals surface area contributed by atoms with Crippen LogP contribution in [0.25, 0.3) is 43.8 Å². The summed E-state index contributed by atoms with van der Waals surface area (Å²) in [4.78, 5) is 30.8. The minimum absolute atomic E-state index is 0.0655. The fraction of sp³-hybridized carbons (Fsp3) is 0.444. The molecule has 80 heavy (non-hydrogen) atoms. The molecule has 2 saturated heterocycles. The van der Waals surface area contributed by atoms with Gasteiger partial charge >= 0.3 is 14.2 Å². The van der Waals surface area contributed by atoms with Gasteiger partial charge in [-0.1, -0.05) is 237 Å². The molecular weight excluding hydrogens is 982 g/mol. The van der Waals surface area contributed by atoms with Gasteiger partial charge in [-0.3, -0.25) is 9.59 Å². The molecule has 2 aliphatic rings. The van der Waals surface area contributed by atoms with Crippen molar-refractivity contribution in [2.24, 2.45) is 0 Å². The second-order valence-electron chi connectivity index (χ2n) is 25.1. The number of hydrogen-bond donors (Lipinski definition) is 0. The van der Waals surface area contributed by atoms with Crippen LogP contribution < -0.4 is 10.9 Å². The minimum atomic E-state index is -0.660. The van der Waals surface area contributed by atoms with E-state index in [1.54, 1.807) is 0 Å². The monoisotopic (exact) mass is 1070 g/mol. The van der Waals surface area contributed by atoms with Gasteiger partial charge in [0.25, 0.3) is 0 Å². The second kappa shape index (κ2) is 25.7. The van der Waals surface area contributed by atoms with Crippen molar-refractivity contribution in [3.8, 4) is 22.3 Å². The smallest absolute Gasteiger partial charge is 0.399 e. The van der Waals surface area contributed by atoms with Gasteiger partial charge in [-0.2, -0.15) is 0 Å². The van der Waals surface area contributed by atoms with Crippen molar-refractivity contribution in [2.75, 3.05) is 0 Å². The Hall–Kier alpha value is -5.63. The SMILES string of the molecule is CCCCCCCCCCc1ccc(C(=O)c2cc(B3OC(C)(C)C(C)(C)O3)ccc2-c2c3ccccc3c(-c3ccc(B4OC(C)(C)C(C)(C)O4)cc3C(=O)c3ccc(CCCCCCCCCC)cc3)c3ccccc23)cc1. The fourth-order valence-electron chi connectivity index (χ4n) is 11.8. The van der Waals surface area contributed by atoms with Gasteiger partial charge in [0.1, 0.15) is 0 Å². The molecule has 0 amide bonds. The molecule has 0 bridgehead atoms. The van der Waals surface area contributed by atoms with Crippen LogP contribution in [0.2, 0.25) is 0 Å². The summed E-state index contributed by atoms with van der Waals surface area (Å²) in [6, 6.07) is 45.7. The standard InChI is InChI=1S/C72H88B2O6/c1-11-13-15-17-19-21-23-25-31-51-37-41-53(42-38-51)67(75)63-49-55(73-77-69(3,4)70(5,6)78-73)45-47-61(63)65-57-33-27-29-35-59(57)66(60-36-30-28-34-58(60)65)62-48-46-56(74-79-71(7,8)72(9,10)80-74)50-64(62)68(76)54-43-39-52(40-44-54)32-26-24-22-20-18-16-14-12-2/h27-30,33-50H,11-26,31-32H2,1-10H3. The summed E-state index contributed by atoms with van der Waals surface area (Å²) in [5.41, 5.74) is 7.77. The first-order valence-corrected chi connectivity index (χ1v) is 30.6. The van der Waals surface area contributed by atoms with E-state index >= 15 is 9.59 Å². The van der Waals surface area contributed by atoms with Crippen LogP contribution in [0, 0.1) is 0 Å². The molecule has 0 aromatic heterocycles. The van der Waals surface area contributed by atoms with Crippen molar-refractivity contribution in [1.82, 2.24) is 0 Å². The molecule has 0 radical (unpaired) electrons. The highest BCUT2D eigenvalue weighted by Crippen LogP contribution is 2.46.